The Bertz CT molecular complexity index is 692. The van der Waals surface area contributed by atoms with E-state index >= 15 is 0 Å². The van der Waals surface area contributed by atoms with Crippen molar-refractivity contribution in [1.82, 2.24) is 4.31 Å². The molecule has 126 valence electrons. The van der Waals surface area contributed by atoms with E-state index in [1.54, 1.807) is 12.1 Å². The van der Waals surface area contributed by atoms with E-state index < -0.39 is 10.0 Å². The molecule has 2 aliphatic rings. The van der Waals surface area contributed by atoms with E-state index in [1.807, 2.05) is 13.0 Å². The van der Waals surface area contributed by atoms with Crippen molar-refractivity contribution in [1.29, 1.82) is 0 Å². The summed E-state index contributed by atoms with van der Waals surface area (Å²) in [4.78, 5) is 12.2. The number of carbonyl (C=O) groups is 1. The van der Waals surface area contributed by atoms with Gasteiger partial charge in [-0.3, -0.25) is 4.79 Å². The van der Waals surface area contributed by atoms with Crippen molar-refractivity contribution in [2.75, 3.05) is 31.6 Å². The first-order valence-electron chi connectivity index (χ1n) is 7.95. The maximum atomic E-state index is 12.9. The number of hydrogen-bond acceptors (Lipinski definition) is 4. The molecule has 3 rings (SSSR count). The largest absolute Gasteiger partial charge is 0.379 e. The lowest BCUT2D eigenvalue weighted by atomic mass is 10.2. The number of benzene rings is 1. The van der Waals surface area contributed by atoms with E-state index in [0.29, 0.717) is 44.3 Å². The summed E-state index contributed by atoms with van der Waals surface area (Å²) < 4.78 is 32.4. The van der Waals surface area contributed by atoms with Gasteiger partial charge in [-0.25, -0.2) is 8.42 Å². The summed E-state index contributed by atoms with van der Waals surface area (Å²) >= 11 is 0. The van der Waals surface area contributed by atoms with Crippen molar-refractivity contribution in [3.05, 3.63) is 23.8 Å². The molecule has 1 aliphatic carbocycles. The normalized spacial score (nSPS) is 19.5. The zero-order valence-corrected chi connectivity index (χ0v) is 14.1. The van der Waals surface area contributed by atoms with Crippen LogP contribution in [0, 0.1) is 12.8 Å². The van der Waals surface area contributed by atoms with Crippen molar-refractivity contribution < 1.29 is 17.9 Å². The van der Waals surface area contributed by atoms with Gasteiger partial charge in [0.25, 0.3) is 0 Å². The Labute approximate surface area is 136 Å². The van der Waals surface area contributed by atoms with E-state index in [4.69, 9.17) is 4.74 Å². The van der Waals surface area contributed by atoms with Gasteiger partial charge in [0.05, 0.1) is 18.9 Å². The number of hydrogen-bond donors (Lipinski definition) is 1. The number of ether oxygens (including phenoxy) is 1. The second-order valence-electron chi connectivity index (χ2n) is 6.21. The molecule has 0 unspecified atom stereocenters. The molecule has 0 aromatic heterocycles. The number of morpholine rings is 1. The third-order valence-corrected chi connectivity index (χ3v) is 6.11. The van der Waals surface area contributed by atoms with Crippen molar-refractivity contribution in [3.63, 3.8) is 0 Å². The van der Waals surface area contributed by atoms with Crippen LogP contribution in [-0.4, -0.2) is 44.9 Å². The molecule has 1 N–H and O–H groups in total. The molecule has 1 heterocycles. The minimum Gasteiger partial charge on any atom is -0.379 e. The van der Waals surface area contributed by atoms with Gasteiger partial charge in [-0.2, -0.15) is 4.31 Å². The van der Waals surface area contributed by atoms with Crippen molar-refractivity contribution in [3.8, 4) is 0 Å². The van der Waals surface area contributed by atoms with Crippen LogP contribution in [0.5, 0.6) is 0 Å². The molecule has 1 aromatic rings. The molecule has 0 atom stereocenters. The Morgan fingerprint density at radius 3 is 2.65 bits per heavy atom. The Morgan fingerprint density at radius 1 is 1.30 bits per heavy atom. The monoisotopic (exact) mass is 338 g/mol. The van der Waals surface area contributed by atoms with Gasteiger partial charge >= 0.3 is 0 Å². The molecule has 0 radical (unpaired) electrons. The average Bonchev–Trinajstić information content (AvgIpc) is 3.33. The van der Waals surface area contributed by atoms with Crippen LogP contribution in [0.3, 0.4) is 0 Å². The first-order valence-corrected chi connectivity index (χ1v) is 9.39. The van der Waals surface area contributed by atoms with E-state index in [9.17, 15) is 13.2 Å². The van der Waals surface area contributed by atoms with Gasteiger partial charge in [-0.1, -0.05) is 6.07 Å². The summed E-state index contributed by atoms with van der Waals surface area (Å²) in [6.45, 7) is 3.31. The van der Waals surface area contributed by atoms with Crippen LogP contribution in [0.1, 0.15) is 24.8 Å². The number of anilines is 1. The van der Waals surface area contributed by atoms with Crippen molar-refractivity contribution in [2.24, 2.45) is 5.92 Å². The molecule has 6 nitrogen and oxygen atoms in total. The van der Waals surface area contributed by atoms with Crippen molar-refractivity contribution >= 4 is 21.6 Å². The van der Waals surface area contributed by atoms with E-state index in [2.05, 4.69) is 5.32 Å². The van der Waals surface area contributed by atoms with Gasteiger partial charge < -0.3 is 10.1 Å². The topological polar surface area (TPSA) is 75.7 Å². The molecule has 0 bridgehead atoms. The zero-order chi connectivity index (χ0) is 16.4. The lowest BCUT2D eigenvalue weighted by molar-refractivity contribution is -0.116. The van der Waals surface area contributed by atoms with E-state index in [-0.39, 0.29) is 10.8 Å². The Kier molecular flexibility index (Phi) is 4.70. The molecule has 1 amide bonds. The SMILES string of the molecule is Cc1ccc(NC(=O)CC2CC2)c(S(=O)(=O)N2CCOCC2)c1. The smallest absolute Gasteiger partial charge is 0.245 e. The predicted octanol–water partition coefficient (Wildman–Crippen LogP) is 1.75. The van der Waals surface area contributed by atoms with Crippen LogP contribution in [0.25, 0.3) is 0 Å². The lowest BCUT2D eigenvalue weighted by Gasteiger charge is -2.27. The second kappa shape index (κ2) is 6.59. The number of sulfonamides is 1. The maximum Gasteiger partial charge on any atom is 0.245 e. The van der Waals surface area contributed by atoms with Crippen LogP contribution in [0.15, 0.2) is 23.1 Å². The standard InChI is InChI=1S/C16H22N2O4S/c1-12-2-5-14(17-16(19)11-13-3-4-13)15(10-12)23(20,21)18-6-8-22-9-7-18/h2,5,10,13H,3-4,6-9,11H2,1H3,(H,17,19). The molecular formula is C16H22N2O4S. The fraction of sp³-hybridized carbons (Fsp3) is 0.562. The van der Waals surface area contributed by atoms with Gasteiger partial charge in [0.15, 0.2) is 0 Å². The minimum absolute atomic E-state index is 0.116. The number of rotatable bonds is 5. The van der Waals surface area contributed by atoms with Crippen LogP contribution < -0.4 is 5.32 Å². The summed E-state index contributed by atoms with van der Waals surface area (Å²) in [5.74, 6) is 0.342. The molecule has 23 heavy (non-hydrogen) atoms. The minimum atomic E-state index is -3.64. The summed E-state index contributed by atoms with van der Waals surface area (Å²) in [7, 11) is -3.64. The second-order valence-corrected chi connectivity index (χ2v) is 8.12. The van der Waals surface area contributed by atoms with Gasteiger partial charge in [0.2, 0.25) is 15.9 Å². The van der Waals surface area contributed by atoms with Crippen LogP contribution in [0.2, 0.25) is 0 Å². The molecule has 2 fully saturated rings. The number of carbonyl (C=O) groups excluding carboxylic acids is 1. The number of nitrogens with one attached hydrogen (secondary N) is 1. The molecule has 0 spiro atoms. The van der Waals surface area contributed by atoms with Crippen LogP contribution in [-0.2, 0) is 19.6 Å². The fourth-order valence-corrected chi connectivity index (χ4v) is 4.30. The summed E-state index contributed by atoms with van der Waals surface area (Å²) in [5, 5.41) is 2.78. The van der Waals surface area contributed by atoms with Crippen LogP contribution in [0.4, 0.5) is 5.69 Å². The Balaban J connectivity index is 1.86. The first-order chi connectivity index (χ1) is 11.0. The molecule has 1 saturated carbocycles. The highest BCUT2D eigenvalue weighted by Crippen LogP contribution is 2.33. The molecule has 1 aliphatic heterocycles. The number of nitrogens with zero attached hydrogens (tertiary/aromatic N) is 1. The third-order valence-electron chi connectivity index (χ3n) is 4.17. The third kappa shape index (κ3) is 3.91. The fourth-order valence-electron chi connectivity index (χ4n) is 2.66. The Hall–Kier alpha value is -1.44. The highest BCUT2D eigenvalue weighted by molar-refractivity contribution is 7.89. The number of amides is 1. The zero-order valence-electron chi connectivity index (χ0n) is 13.2. The molecule has 1 aromatic carbocycles. The van der Waals surface area contributed by atoms with E-state index in [1.165, 1.54) is 4.31 Å². The predicted molar refractivity (Wildman–Crippen MR) is 86.7 cm³/mol. The summed E-state index contributed by atoms with van der Waals surface area (Å²) in [6.07, 6.45) is 2.63. The highest BCUT2D eigenvalue weighted by atomic mass is 32.2. The van der Waals surface area contributed by atoms with Gasteiger partial charge in [0, 0.05) is 19.5 Å². The van der Waals surface area contributed by atoms with Crippen LogP contribution >= 0.6 is 0 Å². The molecular weight excluding hydrogens is 316 g/mol. The average molecular weight is 338 g/mol. The lowest BCUT2D eigenvalue weighted by Crippen LogP contribution is -2.40. The summed E-state index contributed by atoms with van der Waals surface area (Å²) in [5.41, 5.74) is 1.21. The van der Waals surface area contributed by atoms with Gasteiger partial charge in [0.1, 0.15) is 4.90 Å². The number of aryl methyl sites for hydroxylation is 1. The molecule has 1 saturated heterocycles. The van der Waals surface area contributed by atoms with E-state index in [0.717, 1.165) is 18.4 Å². The quantitative estimate of drug-likeness (QED) is 0.887. The highest BCUT2D eigenvalue weighted by Gasteiger charge is 2.30. The van der Waals surface area contributed by atoms with Gasteiger partial charge in [-0.15, -0.1) is 0 Å². The van der Waals surface area contributed by atoms with Gasteiger partial charge in [-0.05, 0) is 43.4 Å². The first kappa shape index (κ1) is 16.4. The maximum absolute atomic E-state index is 12.9. The molecule has 7 heteroatoms. The summed E-state index contributed by atoms with van der Waals surface area (Å²) in [6, 6.07) is 5.11. The van der Waals surface area contributed by atoms with Crippen molar-refractivity contribution in [2.45, 2.75) is 31.1 Å². The Morgan fingerprint density at radius 2 is 2.00 bits per heavy atom.